The van der Waals surface area contributed by atoms with Gasteiger partial charge in [0.25, 0.3) is 0 Å². The Morgan fingerprint density at radius 1 is 1.17 bits per heavy atom. The fourth-order valence-electron chi connectivity index (χ4n) is 2.37. The van der Waals surface area contributed by atoms with Gasteiger partial charge in [0.15, 0.2) is 0 Å². The van der Waals surface area contributed by atoms with Crippen molar-refractivity contribution < 1.29 is 4.79 Å². The van der Waals surface area contributed by atoms with Gasteiger partial charge in [-0.15, -0.1) is 11.3 Å². The molecule has 0 aliphatic rings. The maximum Gasteiger partial charge on any atom is 0.220 e. The van der Waals surface area contributed by atoms with E-state index >= 15 is 0 Å². The van der Waals surface area contributed by atoms with Gasteiger partial charge in [0.2, 0.25) is 5.91 Å². The van der Waals surface area contributed by atoms with E-state index in [0.717, 1.165) is 21.5 Å². The maximum absolute atomic E-state index is 11.9. The molecule has 0 fully saturated rings. The minimum Gasteiger partial charge on any atom is -0.356 e. The van der Waals surface area contributed by atoms with Crippen molar-refractivity contribution >= 4 is 33.2 Å². The number of hydrogen-bond donors (Lipinski definition) is 1. The van der Waals surface area contributed by atoms with Gasteiger partial charge >= 0.3 is 0 Å². The smallest absolute Gasteiger partial charge is 0.220 e. The number of halogens is 1. The molecule has 1 aromatic carbocycles. The van der Waals surface area contributed by atoms with E-state index in [4.69, 9.17) is 0 Å². The second-order valence-corrected chi connectivity index (χ2v) is 7.98. The van der Waals surface area contributed by atoms with Gasteiger partial charge in [0, 0.05) is 24.0 Å². The highest BCUT2D eigenvalue weighted by Crippen LogP contribution is 2.22. The molecule has 2 aromatic heterocycles. The van der Waals surface area contributed by atoms with Gasteiger partial charge in [-0.3, -0.25) is 4.79 Å². The zero-order chi connectivity index (χ0) is 16.8. The number of carbonyl (C=O) groups excluding carboxylic acids is 1. The number of nitrogens with one attached hydrogen (secondary N) is 1. The van der Waals surface area contributed by atoms with Crippen LogP contribution in [-0.4, -0.2) is 22.2 Å². The van der Waals surface area contributed by atoms with Crippen LogP contribution in [-0.2, 0) is 17.6 Å². The second kappa shape index (κ2) is 8.26. The Kier molecular flexibility index (Phi) is 5.82. The van der Waals surface area contributed by atoms with Gasteiger partial charge in [-0.25, -0.2) is 4.68 Å². The molecule has 24 heavy (non-hydrogen) atoms. The Balaban J connectivity index is 1.42. The van der Waals surface area contributed by atoms with Crippen LogP contribution < -0.4 is 5.32 Å². The predicted molar refractivity (Wildman–Crippen MR) is 101 cm³/mol. The molecule has 0 aliphatic heterocycles. The molecule has 0 spiro atoms. The molecular formula is C18H18BrN3OS. The van der Waals surface area contributed by atoms with Gasteiger partial charge in [-0.2, -0.15) is 5.10 Å². The van der Waals surface area contributed by atoms with Crippen LogP contribution in [0.4, 0.5) is 0 Å². The topological polar surface area (TPSA) is 46.9 Å². The summed E-state index contributed by atoms with van der Waals surface area (Å²) < 4.78 is 2.96. The Labute approximate surface area is 153 Å². The highest BCUT2D eigenvalue weighted by atomic mass is 79.9. The predicted octanol–water partition coefficient (Wildman–Crippen LogP) is 3.99. The molecule has 124 valence electrons. The molecule has 1 amide bonds. The van der Waals surface area contributed by atoms with Crippen molar-refractivity contribution in [3.05, 3.63) is 69.1 Å². The van der Waals surface area contributed by atoms with E-state index in [-0.39, 0.29) is 5.91 Å². The summed E-state index contributed by atoms with van der Waals surface area (Å²) in [6.45, 7) is 0.676. The molecule has 0 aliphatic carbocycles. The molecule has 0 saturated heterocycles. The first-order chi connectivity index (χ1) is 11.7. The highest BCUT2D eigenvalue weighted by molar-refractivity contribution is 9.11. The van der Waals surface area contributed by atoms with E-state index in [1.807, 2.05) is 53.5 Å². The van der Waals surface area contributed by atoms with Crippen LogP contribution >= 0.6 is 27.3 Å². The lowest BCUT2D eigenvalue weighted by Gasteiger charge is -2.03. The van der Waals surface area contributed by atoms with E-state index < -0.39 is 0 Å². The highest BCUT2D eigenvalue weighted by Gasteiger charge is 2.05. The van der Waals surface area contributed by atoms with Gasteiger partial charge in [0.05, 0.1) is 15.7 Å². The average molecular weight is 404 g/mol. The summed E-state index contributed by atoms with van der Waals surface area (Å²) in [7, 11) is 0. The van der Waals surface area contributed by atoms with Crippen LogP contribution in [0.1, 0.15) is 16.9 Å². The summed E-state index contributed by atoms with van der Waals surface area (Å²) in [6, 6.07) is 14.1. The van der Waals surface area contributed by atoms with Crippen molar-refractivity contribution in [2.45, 2.75) is 19.3 Å². The van der Waals surface area contributed by atoms with Gasteiger partial charge in [-0.1, -0.05) is 18.2 Å². The summed E-state index contributed by atoms with van der Waals surface area (Å²) in [5.74, 6) is 0.0816. The van der Waals surface area contributed by atoms with Crippen molar-refractivity contribution in [3.8, 4) is 5.69 Å². The summed E-state index contributed by atoms with van der Waals surface area (Å²) >= 11 is 5.15. The number of rotatable bonds is 7. The summed E-state index contributed by atoms with van der Waals surface area (Å²) in [4.78, 5) is 13.2. The van der Waals surface area contributed by atoms with Gasteiger partial charge in [0.1, 0.15) is 0 Å². The lowest BCUT2D eigenvalue weighted by Crippen LogP contribution is -2.25. The van der Waals surface area contributed by atoms with Gasteiger partial charge in [-0.05, 0) is 58.6 Å². The minimum atomic E-state index is 0.0816. The Bertz CT molecular complexity index is 797. The molecule has 0 unspecified atom stereocenters. The lowest BCUT2D eigenvalue weighted by molar-refractivity contribution is -0.121. The quantitative estimate of drug-likeness (QED) is 0.648. The molecule has 4 nitrogen and oxygen atoms in total. The molecule has 0 bridgehead atoms. The number of thiophene rings is 1. The number of hydrogen-bond acceptors (Lipinski definition) is 3. The molecule has 3 rings (SSSR count). The standard InChI is InChI=1S/C18H18BrN3OS/c19-17-8-7-16(24-17)10-11-20-18(23)9-6-14-12-21-22(13-14)15-4-2-1-3-5-15/h1-5,7-8,12-13H,6,9-11H2,(H,20,23). The van der Waals surface area contributed by atoms with Crippen molar-refractivity contribution in [3.63, 3.8) is 0 Å². The van der Waals surface area contributed by atoms with E-state index in [0.29, 0.717) is 19.4 Å². The summed E-state index contributed by atoms with van der Waals surface area (Å²) in [5.41, 5.74) is 2.09. The number of aryl methyl sites for hydroxylation is 1. The number of amides is 1. The summed E-state index contributed by atoms with van der Waals surface area (Å²) in [6.07, 6.45) is 5.85. The van der Waals surface area contributed by atoms with Crippen molar-refractivity contribution in [1.29, 1.82) is 0 Å². The maximum atomic E-state index is 11.9. The van der Waals surface area contributed by atoms with Crippen molar-refractivity contribution in [2.24, 2.45) is 0 Å². The molecule has 1 N–H and O–H groups in total. The SMILES string of the molecule is O=C(CCc1cnn(-c2ccccc2)c1)NCCc1ccc(Br)s1. The molecule has 6 heteroatoms. The third-order valence-electron chi connectivity index (χ3n) is 3.62. The van der Waals surface area contributed by atoms with Crippen molar-refractivity contribution in [1.82, 2.24) is 15.1 Å². The number of aromatic nitrogens is 2. The third kappa shape index (κ3) is 4.79. The van der Waals surface area contributed by atoms with Crippen LogP contribution in [0.3, 0.4) is 0 Å². The second-order valence-electron chi connectivity index (χ2n) is 5.43. The van der Waals surface area contributed by atoms with E-state index in [1.165, 1.54) is 4.88 Å². The Morgan fingerprint density at radius 2 is 2.00 bits per heavy atom. The first-order valence-corrected chi connectivity index (χ1v) is 9.41. The van der Waals surface area contributed by atoms with Gasteiger partial charge < -0.3 is 5.32 Å². The normalized spacial score (nSPS) is 10.7. The average Bonchev–Trinajstić information content (AvgIpc) is 3.23. The van der Waals surface area contributed by atoms with Crippen LogP contribution in [0, 0.1) is 0 Å². The van der Waals surface area contributed by atoms with E-state index in [1.54, 1.807) is 11.3 Å². The monoisotopic (exact) mass is 403 g/mol. The van der Waals surface area contributed by atoms with E-state index in [9.17, 15) is 4.79 Å². The number of nitrogens with zero attached hydrogens (tertiary/aromatic N) is 2. The molecular weight excluding hydrogens is 386 g/mol. The third-order valence-corrected chi connectivity index (χ3v) is 5.30. The fourth-order valence-corrected chi connectivity index (χ4v) is 3.85. The first kappa shape index (κ1) is 16.9. The summed E-state index contributed by atoms with van der Waals surface area (Å²) in [5, 5.41) is 7.32. The van der Waals surface area contributed by atoms with E-state index in [2.05, 4.69) is 32.4 Å². The number of benzene rings is 1. The first-order valence-electron chi connectivity index (χ1n) is 7.80. The zero-order valence-electron chi connectivity index (χ0n) is 13.1. The number of para-hydroxylation sites is 1. The van der Waals surface area contributed by atoms with Crippen LogP contribution in [0.25, 0.3) is 5.69 Å². The number of carbonyl (C=O) groups is 1. The Hall–Kier alpha value is -1.92. The molecule has 0 atom stereocenters. The molecule has 3 aromatic rings. The largest absolute Gasteiger partial charge is 0.356 e. The molecule has 0 radical (unpaired) electrons. The molecule has 0 saturated carbocycles. The van der Waals surface area contributed by atoms with Crippen LogP contribution in [0.15, 0.2) is 58.6 Å². The molecule has 2 heterocycles. The zero-order valence-corrected chi connectivity index (χ0v) is 15.5. The lowest BCUT2D eigenvalue weighted by atomic mass is 10.2. The minimum absolute atomic E-state index is 0.0816. The van der Waals surface area contributed by atoms with Crippen LogP contribution in [0.5, 0.6) is 0 Å². The van der Waals surface area contributed by atoms with Crippen LogP contribution in [0.2, 0.25) is 0 Å². The fraction of sp³-hybridized carbons (Fsp3) is 0.222. The van der Waals surface area contributed by atoms with Crippen molar-refractivity contribution in [2.75, 3.05) is 6.54 Å². The Morgan fingerprint density at radius 3 is 2.75 bits per heavy atom.